The van der Waals surface area contributed by atoms with E-state index in [-0.39, 0.29) is 18.7 Å². The van der Waals surface area contributed by atoms with Gasteiger partial charge in [0.2, 0.25) is 0 Å². The van der Waals surface area contributed by atoms with Gasteiger partial charge in [0.15, 0.2) is 0 Å². The average Bonchev–Trinajstić information content (AvgIpc) is 2.38. The number of rotatable bonds is 6. The molecule has 0 aliphatic carbocycles. The number of urea groups is 1. The van der Waals surface area contributed by atoms with Gasteiger partial charge in [0, 0.05) is 25.2 Å². The Bertz CT molecular complexity index is 455. The Hall–Kier alpha value is -1.69. The van der Waals surface area contributed by atoms with E-state index in [4.69, 9.17) is 5.11 Å². The first-order chi connectivity index (χ1) is 9.49. The van der Waals surface area contributed by atoms with E-state index in [1.807, 2.05) is 6.92 Å². The molecule has 2 N–H and O–H groups in total. The number of nitrogens with zero attached hydrogens (tertiary/aromatic N) is 1. The van der Waals surface area contributed by atoms with E-state index in [2.05, 4.69) is 5.32 Å². The molecule has 1 atom stereocenters. The summed E-state index contributed by atoms with van der Waals surface area (Å²) in [5.41, 5.74) is 0.263. The third-order valence-corrected chi connectivity index (χ3v) is 3.00. The lowest BCUT2D eigenvalue weighted by atomic mass is 10.0. The summed E-state index contributed by atoms with van der Waals surface area (Å²) >= 11 is 0. The minimum Gasteiger partial charge on any atom is -0.395 e. The molecule has 0 aliphatic rings. The van der Waals surface area contributed by atoms with Crippen molar-refractivity contribution in [2.24, 2.45) is 0 Å². The van der Waals surface area contributed by atoms with Crippen LogP contribution in [0.2, 0.25) is 0 Å². The maximum Gasteiger partial charge on any atom is 0.317 e. The van der Waals surface area contributed by atoms with Crippen LogP contribution < -0.4 is 5.32 Å². The zero-order valence-electron chi connectivity index (χ0n) is 11.7. The van der Waals surface area contributed by atoms with Gasteiger partial charge in [0.1, 0.15) is 11.6 Å². The Morgan fingerprint density at radius 2 is 2.15 bits per heavy atom. The summed E-state index contributed by atoms with van der Waals surface area (Å²) in [5.74, 6) is -1.32. The number of carbonyl (C=O) groups excluding carboxylic acids is 1. The van der Waals surface area contributed by atoms with Crippen LogP contribution in [-0.4, -0.2) is 36.2 Å². The number of benzene rings is 1. The lowest BCUT2D eigenvalue weighted by molar-refractivity contribution is 0.186. The van der Waals surface area contributed by atoms with E-state index >= 15 is 0 Å². The molecule has 0 fully saturated rings. The zero-order valence-corrected chi connectivity index (χ0v) is 11.7. The van der Waals surface area contributed by atoms with Gasteiger partial charge in [-0.3, -0.25) is 0 Å². The van der Waals surface area contributed by atoms with Gasteiger partial charge in [0.05, 0.1) is 12.6 Å². The van der Waals surface area contributed by atoms with Crippen molar-refractivity contribution < 1.29 is 18.7 Å². The highest BCUT2D eigenvalue weighted by atomic mass is 19.1. The van der Waals surface area contributed by atoms with E-state index in [1.54, 1.807) is 0 Å². The van der Waals surface area contributed by atoms with Crippen LogP contribution in [0.15, 0.2) is 18.2 Å². The van der Waals surface area contributed by atoms with Gasteiger partial charge < -0.3 is 15.3 Å². The molecule has 0 saturated heterocycles. The van der Waals surface area contributed by atoms with Gasteiger partial charge in [-0.15, -0.1) is 0 Å². The molecule has 0 saturated carbocycles. The number of hydrogen-bond acceptors (Lipinski definition) is 2. The highest BCUT2D eigenvalue weighted by Gasteiger charge is 2.19. The number of nitrogens with one attached hydrogen (secondary N) is 1. The molecule has 4 nitrogen and oxygen atoms in total. The molecule has 0 spiro atoms. The van der Waals surface area contributed by atoms with Gasteiger partial charge >= 0.3 is 6.03 Å². The Kier molecular flexibility index (Phi) is 6.38. The van der Waals surface area contributed by atoms with Crippen molar-refractivity contribution in [2.75, 3.05) is 20.2 Å². The molecular formula is C14H20F2N2O2. The molecule has 1 aromatic carbocycles. The highest BCUT2D eigenvalue weighted by molar-refractivity contribution is 5.74. The fourth-order valence-electron chi connectivity index (χ4n) is 1.89. The largest absolute Gasteiger partial charge is 0.395 e. The SMILES string of the molecule is CCCC(NC(=O)N(C)CCO)c1ccc(F)cc1F. The lowest BCUT2D eigenvalue weighted by Crippen LogP contribution is -2.40. The maximum atomic E-state index is 13.8. The van der Waals surface area contributed by atoms with E-state index in [1.165, 1.54) is 24.1 Å². The number of halogens is 2. The van der Waals surface area contributed by atoms with E-state index < -0.39 is 23.7 Å². The Balaban J connectivity index is 2.85. The molecule has 1 unspecified atom stereocenters. The van der Waals surface area contributed by atoms with E-state index in [0.717, 1.165) is 12.5 Å². The summed E-state index contributed by atoms with van der Waals surface area (Å²) in [6.07, 6.45) is 1.28. The first-order valence-electron chi connectivity index (χ1n) is 6.57. The fraction of sp³-hybridized carbons (Fsp3) is 0.500. The quantitative estimate of drug-likeness (QED) is 0.844. The molecule has 2 amide bonds. The van der Waals surface area contributed by atoms with Crippen LogP contribution in [0.25, 0.3) is 0 Å². The van der Waals surface area contributed by atoms with Gasteiger partial charge in [-0.25, -0.2) is 13.6 Å². The van der Waals surface area contributed by atoms with Crippen molar-refractivity contribution in [2.45, 2.75) is 25.8 Å². The summed E-state index contributed by atoms with van der Waals surface area (Å²) in [7, 11) is 1.54. The molecule has 0 heterocycles. The van der Waals surface area contributed by atoms with Crippen LogP contribution in [-0.2, 0) is 0 Å². The minimum absolute atomic E-state index is 0.146. The van der Waals surface area contributed by atoms with Crippen LogP contribution >= 0.6 is 0 Å². The van der Waals surface area contributed by atoms with Crippen molar-refractivity contribution in [3.05, 3.63) is 35.4 Å². The van der Waals surface area contributed by atoms with Crippen molar-refractivity contribution in [3.63, 3.8) is 0 Å². The first-order valence-corrected chi connectivity index (χ1v) is 6.57. The van der Waals surface area contributed by atoms with Crippen LogP contribution in [0.3, 0.4) is 0 Å². The third-order valence-electron chi connectivity index (χ3n) is 3.00. The van der Waals surface area contributed by atoms with Crippen LogP contribution in [0.5, 0.6) is 0 Å². The average molecular weight is 286 g/mol. The summed E-state index contributed by atoms with van der Waals surface area (Å²) < 4.78 is 26.7. The molecule has 0 aliphatic heterocycles. The number of aliphatic hydroxyl groups is 1. The van der Waals surface area contributed by atoms with Crippen molar-refractivity contribution >= 4 is 6.03 Å². The summed E-state index contributed by atoms with van der Waals surface area (Å²) in [6.45, 7) is 1.96. The summed E-state index contributed by atoms with van der Waals surface area (Å²) in [4.78, 5) is 13.2. The Labute approximate surface area is 117 Å². The second-order valence-corrected chi connectivity index (χ2v) is 4.60. The van der Waals surface area contributed by atoms with Crippen LogP contribution in [0.4, 0.5) is 13.6 Å². The summed E-state index contributed by atoms with van der Waals surface area (Å²) in [5, 5.41) is 11.5. The van der Waals surface area contributed by atoms with Gasteiger partial charge in [-0.05, 0) is 12.5 Å². The molecule has 112 valence electrons. The molecule has 1 rings (SSSR count). The molecule has 0 aromatic heterocycles. The molecule has 0 radical (unpaired) electrons. The number of likely N-dealkylation sites (N-methyl/N-ethyl adjacent to an activating group) is 1. The topological polar surface area (TPSA) is 52.6 Å². The number of carbonyl (C=O) groups is 1. The zero-order chi connectivity index (χ0) is 15.1. The number of hydrogen-bond donors (Lipinski definition) is 2. The second-order valence-electron chi connectivity index (χ2n) is 4.60. The predicted octanol–water partition coefficient (Wildman–Crippen LogP) is 2.44. The second kappa shape index (κ2) is 7.79. The number of amides is 2. The van der Waals surface area contributed by atoms with Gasteiger partial charge in [-0.2, -0.15) is 0 Å². The van der Waals surface area contributed by atoms with Crippen molar-refractivity contribution in [1.29, 1.82) is 0 Å². The van der Waals surface area contributed by atoms with E-state index in [9.17, 15) is 13.6 Å². The molecular weight excluding hydrogens is 266 g/mol. The Morgan fingerprint density at radius 3 is 2.70 bits per heavy atom. The molecule has 20 heavy (non-hydrogen) atoms. The predicted molar refractivity (Wildman–Crippen MR) is 72.3 cm³/mol. The van der Waals surface area contributed by atoms with Crippen molar-refractivity contribution in [1.82, 2.24) is 10.2 Å². The normalized spacial score (nSPS) is 12.1. The monoisotopic (exact) mass is 286 g/mol. The van der Waals surface area contributed by atoms with Crippen LogP contribution in [0.1, 0.15) is 31.4 Å². The van der Waals surface area contributed by atoms with Crippen LogP contribution in [0, 0.1) is 11.6 Å². The lowest BCUT2D eigenvalue weighted by Gasteiger charge is -2.23. The van der Waals surface area contributed by atoms with Gasteiger partial charge in [-0.1, -0.05) is 19.4 Å². The standard InChI is InChI=1S/C14H20F2N2O2/c1-3-4-13(17-14(20)18(2)7-8-19)11-6-5-10(15)9-12(11)16/h5-6,9,13,19H,3-4,7-8H2,1-2H3,(H,17,20). The first kappa shape index (κ1) is 16.4. The molecule has 6 heteroatoms. The van der Waals surface area contributed by atoms with Crippen molar-refractivity contribution in [3.8, 4) is 0 Å². The fourth-order valence-corrected chi connectivity index (χ4v) is 1.89. The Morgan fingerprint density at radius 1 is 1.45 bits per heavy atom. The molecule has 0 bridgehead atoms. The summed E-state index contributed by atoms with van der Waals surface area (Å²) in [6, 6.07) is 2.40. The van der Waals surface area contributed by atoms with Gasteiger partial charge in [0.25, 0.3) is 0 Å². The maximum absolute atomic E-state index is 13.8. The van der Waals surface area contributed by atoms with E-state index in [0.29, 0.717) is 6.42 Å². The number of aliphatic hydroxyl groups excluding tert-OH is 1. The highest BCUT2D eigenvalue weighted by Crippen LogP contribution is 2.22. The molecule has 1 aromatic rings. The smallest absolute Gasteiger partial charge is 0.317 e. The minimum atomic E-state index is -0.673. The third kappa shape index (κ3) is 4.45.